The van der Waals surface area contributed by atoms with Gasteiger partial charge in [0.25, 0.3) is 0 Å². The third kappa shape index (κ3) is 3.30. The third-order valence-electron chi connectivity index (χ3n) is 2.13. The number of halogens is 2. The molecule has 18 heavy (non-hydrogen) atoms. The van der Waals surface area contributed by atoms with Gasteiger partial charge in [0.1, 0.15) is 11.6 Å². The van der Waals surface area contributed by atoms with Gasteiger partial charge in [0.2, 0.25) is 0 Å². The number of anilines is 3. The van der Waals surface area contributed by atoms with Gasteiger partial charge in [-0.3, -0.25) is 4.98 Å². The molecule has 4 nitrogen and oxygen atoms in total. The maximum Gasteiger partial charge on any atom is 0.151 e. The molecule has 0 atom stereocenters. The fraction of sp³-hybridized carbons (Fsp3) is 0.167. The zero-order valence-corrected chi connectivity index (χ0v) is 10.5. The normalized spacial score (nSPS) is 10.2. The Morgan fingerprint density at radius 2 is 2.00 bits per heavy atom. The lowest BCUT2D eigenvalue weighted by Gasteiger charge is -2.08. The topological polar surface area (TPSA) is 49.8 Å². The minimum atomic E-state index is -0.402. The molecule has 2 N–H and O–H groups in total. The highest BCUT2D eigenvalue weighted by Crippen LogP contribution is 2.21. The number of rotatable bonds is 4. The molecule has 0 unspecified atom stereocenters. The fourth-order valence-corrected chi connectivity index (χ4v) is 1.69. The summed E-state index contributed by atoms with van der Waals surface area (Å²) in [6.07, 6.45) is 3.17. The van der Waals surface area contributed by atoms with Gasteiger partial charge in [-0.25, -0.2) is 9.37 Å². The summed E-state index contributed by atoms with van der Waals surface area (Å²) in [6, 6.07) is 4.20. The molecule has 0 aliphatic heterocycles. The standard InChI is InChI=1S/C12H12ClFN4/c1-2-16-11-6-15-7-12(18-11)17-10-4-8(13)3-9(14)5-10/h3-7H,2H2,1H3,(H2,16,17,18). The zero-order valence-electron chi connectivity index (χ0n) is 9.74. The first-order valence-electron chi connectivity index (χ1n) is 5.46. The van der Waals surface area contributed by atoms with E-state index in [9.17, 15) is 4.39 Å². The first kappa shape index (κ1) is 12.6. The van der Waals surface area contributed by atoms with Gasteiger partial charge in [-0.05, 0) is 25.1 Å². The Labute approximate surface area is 109 Å². The molecule has 1 aromatic carbocycles. The Morgan fingerprint density at radius 1 is 1.22 bits per heavy atom. The predicted octanol–water partition coefficient (Wildman–Crippen LogP) is 3.44. The van der Waals surface area contributed by atoms with Gasteiger partial charge < -0.3 is 10.6 Å². The molecule has 6 heteroatoms. The Balaban J connectivity index is 2.20. The maximum absolute atomic E-state index is 13.2. The van der Waals surface area contributed by atoms with Crippen LogP contribution in [0.5, 0.6) is 0 Å². The molecule has 2 rings (SSSR count). The molecule has 0 radical (unpaired) electrons. The van der Waals surface area contributed by atoms with Crippen LogP contribution in [0.25, 0.3) is 0 Å². The van der Waals surface area contributed by atoms with E-state index in [1.165, 1.54) is 12.1 Å². The molecule has 0 saturated carbocycles. The molecule has 0 fully saturated rings. The van der Waals surface area contributed by atoms with Crippen molar-refractivity contribution in [3.8, 4) is 0 Å². The first-order chi connectivity index (χ1) is 8.67. The molecule has 1 heterocycles. The number of benzene rings is 1. The lowest BCUT2D eigenvalue weighted by molar-refractivity contribution is 0.628. The summed E-state index contributed by atoms with van der Waals surface area (Å²) in [6.45, 7) is 2.72. The Bertz CT molecular complexity index is 527. The van der Waals surface area contributed by atoms with Crippen LogP contribution in [0.15, 0.2) is 30.6 Å². The minimum Gasteiger partial charge on any atom is -0.369 e. The Hall–Kier alpha value is -1.88. The van der Waals surface area contributed by atoms with E-state index < -0.39 is 5.82 Å². The largest absolute Gasteiger partial charge is 0.369 e. The van der Waals surface area contributed by atoms with E-state index in [1.807, 2.05) is 6.92 Å². The van der Waals surface area contributed by atoms with E-state index >= 15 is 0 Å². The summed E-state index contributed by atoms with van der Waals surface area (Å²) < 4.78 is 13.2. The number of hydrogen-bond donors (Lipinski definition) is 2. The van der Waals surface area contributed by atoms with Crippen molar-refractivity contribution in [2.75, 3.05) is 17.2 Å². The van der Waals surface area contributed by atoms with Crippen LogP contribution in [0.3, 0.4) is 0 Å². The Morgan fingerprint density at radius 3 is 2.72 bits per heavy atom. The molecule has 2 aromatic rings. The molecule has 1 aromatic heterocycles. The van der Waals surface area contributed by atoms with Gasteiger partial charge in [0, 0.05) is 17.3 Å². The number of nitrogens with zero attached hydrogens (tertiary/aromatic N) is 2. The monoisotopic (exact) mass is 266 g/mol. The third-order valence-corrected chi connectivity index (χ3v) is 2.35. The van der Waals surface area contributed by atoms with E-state index in [-0.39, 0.29) is 0 Å². The van der Waals surface area contributed by atoms with Gasteiger partial charge in [0.15, 0.2) is 5.82 Å². The quantitative estimate of drug-likeness (QED) is 0.890. The van der Waals surface area contributed by atoms with E-state index in [1.54, 1.807) is 18.5 Å². The smallest absolute Gasteiger partial charge is 0.151 e. The summed E-state index contributed by atoms with van der Waals surface area (Å²) in [4.78, 5) is 8.30. The zero-order chi connectivity index (χ0) is 13.0. The van der Waals surface area contributed by atoms with E-state index in [4.69, 9.17) is 11.6 Å². The van der Waals surface area contributed by atoms with Crippen LogP contribution in [-0.2, 0) is 0 Å². The van der Waals surface area contributed by atoms with Crippen molar-refractivity contribution in [1.29, 1.82) is 0 Å². The number of aromatic nitrogens is 2. The van der Waals surface area contributed by atoms with E-state index in [0.29, 0.717) is 22.3 Å². The molecular formula is C12H12ClFN4. The summed E-state index contributed by atoms with van der Waals surface area (Å²) in [5.74, 6) is 0.779. The van der Waals surface area contributed by atoms with E-state index in [0.717, 1.165) is 6.54 Å². The maximum atomic E-state index is 13.2. The molecule has 0 spiro atoms. The van der Waals surface area contributed by atoms with Crippen molar-refractivity contribution >= 4 is 28.9 Å². The van der Waals surface area contributed by atoms with Gasteiger partial charge in [0.05, 0.1) is 12.4 Å². The first-order valence-corrected chi connectivity index (χ1v) is 5.84. The second kappa shape index (κ2) is 5.64. The highest BCUT2D eigenvalue weighted by atomic mass is 35.5. The van der Waals surface area contributed by atoms with Crippen LogP contribution < -0.4 is 10.6 Å². The molecule has 94 valence electrons. The predicted molar refractivity (Wildman–Crippen MR) is 70.9 cm³/mol. The van der Waals surface area contributed by atoms with Crippen molar-refractivity contribution < 1.29 is 4.39 Å². The molecule has 0 saturated heterocycles. The second-order valence-electron chi connectivity index (χ2n) is 3.60. The van der Waals surface area contributed by atoms with Gasteiger partial charge in [-0.2, -0.15) is 0 Å². The van der Waals surface area contributed by atoms with Crippen LogP contribution in [0, 0.1) is 5.82 Å². The average Bonchev–Trinajstić information content (AvgIpc) is 2.28. The van der Waals surface area contributed by atoms with Crippen molar-refractivity contribution in [3.05, 3.63) is 41.4 Å². The molecule has 0 amide bonds. The molecular weight excluding hydrogens is 255 g/mol. The minimum absolute atomic E-state index is 0.327. The summed E-state index contributed by atoms with van der Waals surface area (Å²) in [7, 11) is 0. The number of hydrogen-bond acceptors (Lipinski definition) is 4. The fourth-order valence-electron chi connectivity index (χ4n) is 1.47. The summed E-state index contributed by atoms with van der Waals surface area (Å²) in [5, 5.41) is 6.32. The molecule has 0 bridgehead atoms. The second-order valence-corrected chi connectivity index (χ2v) is 4.04. The summed E-state index contributed by atoms with van der Waals surface area (Å²) >= 11 is 5.77. The highest BCUT2D eigenvalue weighted by molar-refractivity contribution is 6.30. The molecule has 0 aliphatic rings. The van der Waals surface area contributed by atoms with Gasteiger partial charge in [-0.15, -0.1) is 0 Å². The van der Waals surface area contributed by atoms with Crippen LogP contribution in [0.2, 0.25) is 5.02 Å². The molecule has 0 aliphatic carbocycles. The van der Waals surface area contributed by atoms with Crippen molar-refractivity contribution in [1.82, 2.24) is 9.97 Å². The summed E-state index contributed by atoms with van der Waals surface area (Å²) in [5.41, 5.74) is 0.531. The lowest BCUT2D eigenvalue weighted by Crippen LogP contribution is -2.02. The van der Waals surface area contributed by atoms with Gasteiger partial charge >= 0.3 is 0 Å². The number of nitrogens with one attached hydrogen (secondary N) is 2. The average molecular weight is 267 g/mol. The van der Waals surface area contributed by atoms with Crippen LogP contribution >= 0.6 is 11.6 Å². The highest BCUT2D eigenvalue weighted by Gasteiger charge is 2.02. The van der Waals surface area contributed by atoms with Crippen LogP contribution in [0.1, 0.15) is 6.92 Å². The van der Waals surface area contributed by atoms with Crippen molar-refractivity contribution in [2.24, 2.45) is 0 Å². The SMILES string of the molecule is CCNc1cncc(Nc2cc(F)cc(Cl)c2)n1. The van der Waals surface area contributed by atoms with Crippen LogP contribution in [-0.4, -0.2) is 16.5 Å². The van der Waals surface area contributed by atoms with Crippen molar-refractivity contribution in [3.63, 3.8) is 0 Å². The lowest BCUT2D eigenvalue weighted by atomic mass is 10.3. The van der Waals surface area contributed by atoms with E-state index in [2.05, 4.69) is 20.6 Å². The Kier molecular flexibility index (Phi) is 3.94. The van der Waals surface area contributed by atoms with Gasteiger partial charge in [-0.1, -0.05) is 11.6 Å². The van der Waals surface area contributed by atoms with Crippen LogP contribution in [0.4, 0.5) is 21.7 Å². The van der Waals surface area contributed by atoms with Crippen molar-refractivity contribution in [2.45, 2.75) is 6.92 Å².